The Balaban J connectivity index is 1.42. The summed E-state index contributed by atoms with van der Waals surface area (Å²) in [6.07, 6.45) is 0. The van der Waals surface area contributed by atoms with E-state index in [1.165, 1.54) is 6.92 Å². The van der Waals surface area contributed by atoms with Gasteiger partial charge in [-0.15, -0.1) is 0 Å². The second-order valence-corrected chi connectivity index (χ2v) is 12.1. The number of hydrogen-bond acceptors (Lipinski definition) is 7. The van der Waals surface area contributed by atoms with Crippen LogP contribution >= 0.6 is 23.5 Å². The van der Waals surface area contributed by atoms with Crippen LogP contribution in [0.1, 0.15) is 27.6 Å². The molecule has 0 aliphatic heterocycles. The Bertz CT molecular complexity index is 1920. The van der Waals surface area contributed by atoms with Crippen LogP contribution in [0.3, 0.4) is 0 Å². The highest BCUT2D eigenvalue weighted by molar-refractivity contribution is 7.99. The van der Waals surface area contributed by atoms with E-state index in [2.05, 4.69) is 5.16 Å². The van der Waals surface area contributed by atoms with Crippen LogP contribution < -0.4 is 0 Å². The van der Waals surface area contributed by atoms with Gasteiger partial charge in [0.15, 0.2) is 5.71 Å². The Morgan fingerprint density at radius 3 is 1.30 bits per heavy atom. The van der Waals surface area contributed by atoms with Crippen molar-refractivity contribution in [2.45, 2.75) is 26.5 Å². The number of oxime groups is 1. The number of carbonyl (C=O) groups excluding carboxylic acids is 3. The fraction of sp³-hybridized carbons (Fsp3) is 0.0270. The SMILES string of the molecule is CC(=O)ON=C(C(=O)c1ccc(Sc2ccccc2)c2ccccc12)C(=O)c1ccc(Sc2ccccc2)c2ccccc12. The Morgan fingerprint density at radius 1 is 0.500 bits per heavy atom. The number of Topliss-reactive ketones (excluding diaryl/α,β-unsaturated/α-hetero) is 2. The Labute approximate surface area is 262 Å². The lowest BCUT2D eigenvalue weighted by atomic mass is 9.93. The van der Waals surface area contributed by atoms with Crippen molar-refractivity contribution in [2.75, 3.05) is 0 Å². The van der Waals surface area contributed by atoms with Crippen LogP contribution in [0.15, 0.2) is 158 Å². The first-order chi connectivity index (χ1) is 21.5. The highest BCUT2D eigenvalue weighted by atomic mass is 32.2. The maximum atomic E-state index is 14.1. The van der Waals surface area contributed by atoms with Crippen LogP contribution in [-0.2, 0) is 9.63 Å². The second kappa shape index (κ2) is 13.1. The molecule has 0 aromatic heterocycles. The van der Waals surface area contributed by atoms with Gasteiger partial charge >= 0.3 is 5.97 Å². The molecular formula is C37H25NO4S2. The first-order valence-corrected chi connectivity index (χ1v) is 15.5. The zero-order chi connectivity index (χ0) is 30.5. The van der Waals surface area contributed by atoms with Crippen LogP contribution in [-0.4, -0.2) is 23.2 Å². The van der Waals surface area contributed by atoms with Gasteiger partial charge in [0.25, 0.3) is 0 Å². The zero-order valence-corrected chi connectivity index (χ0v) is 25.2. The van der Waals surface area contributed by atoms with E-state index in [-0.39, 0.29) is 11.1 Å². The molecule has 6 aromatic carbocycles. The van der Waals surface area contributed by atoms with Gasteiger partial charge in [0.1, 0.15) is 0 Å². The van der Waals surface area contributed by atoms with Crippen molar-refractivity contribution in [2.24, 2.45) is 5.16 Å². The molecule has 7 heteroatoms. The molecule has 0 saturated carbocycles. The summed E-state index contributed by atoms with van der Waals surface area (Å²) < 4.78 is 0. The van der Waals surface area contributed by atoms with Gasteiger partial charge in [0.2, 0.25) is 11.6 Å². The largest absolute Gasteiger partial charge is 0.332 e. The molecule has 0 fully saturated rings. The summed E-state index contributed by atoms with van der Waals surface area (Å²) in [6, 6.07) is 42.1. The summed E-state index contributed by atoms with van der Waals surface area (Å²) >= 11 is 3.17. The van der Waals surface area contributed by atoms with E-state index in [1.807, 2.05) is 121 Å². The van der Waals surface area contributed by atoms with E-state index in [9.17, 15) is 14.4 Å². The van der Waals surface area contributed by atoms with Crippen LogP contribution in [0.2, 0.25) is 0 Å². The molecule has 0 spiro atoms. The predicted octanol–water partition coefficient (Wildman–Crippen LogP) is 9.28. The predicted molar refractivity (Wildman–Crippen MR) is 177 cm³/mol. The molecule has 6 rings (SSSR count). The van der Waals surface area contributed by atoms with Gasteiger partial charge in [-0.3, -0.25) is 9.59 Å². The molecule has 0 atom stereocenters. The Morgan fingerprint density at radius 2 is 0.886 bits per heavy atom. The molecule has 0 heterocycles. The van der Waals surface area contributed by atoms with Crippen molar-refractivity contribution in [1.29, 1.82) is 0 Å². The highest BCUT2D eigenvalue weighted by Crippen LogP contribution is 2.37. The number of ketones is 2. The minimum atomic E-state index is -0.734. The highest BCUT2D eigenvalue weighted by Gasteiger charge is 2.28. The molecule has 0 bridgehead atoms. The first-order valence-electron chi connectivity index (χ1n) is 13.8. The quantitative estimate of drug-likeness (QED) is 0.0533. The van der Waals surface area contributed by atoms with E-state index in [0.29, 0.717) is 10.8 Å². The van der Waals surface area contributed by atoms with Gasteiger partial charge in [0.05, 0.1) is 0 Å². The third-order valence-electron chi connectivity index (χ3n) is 6.90. The maximum absolute atomic E-state index is 14.1. The minimum absolute atomic E-state index is 0.290. The van der Waals surface area contributed by atoms with Crippen molar-refractivity contribution >= 4 is 68.3 Å². The minimum Gasteiger partial charge on any atom is -0.318 e. The monoisotopic (exact) mass is 611 g/mol. The van der Waals surface area contributed by atoms with Gasteiger partial charge in [-0.25, -0.2) is 4.79 Å². The van der Waals surface area contributed by atoms with Gasteiger partial charge in [-0.05, 0) is 70.1 Å². The lowest BCUT2D eigenvalue weighted by Gasteiger charge is -2.13. The summed E-state index contributed by atoms with van der Waals surface area (Å²) in [7, 11) is 0. The van der Waals surface area contributed by atoms with E-state index >= 15 is 0 Å². The molecule has 0 amide bonds. The molecule has 5 nitrogen and oxygen atoms in total. The molecule has 6 aromatic rings. The van der Waals surface area contributed by atoms with Crippen molar-refractivity contribution < 1.29 is 19.2 Å². The van der Waals surface area contributed by atoms with E-state index in [1.54, 1.807) is 35.7 Å². The summed E-state index contributed by atoms with van der Waals surface area (Å²) in [5, 5.41) is 6.88. The van der Waals surface area contributed by atoms with Gasteiger partial charge in [-0.1, -0.05) is 114 Å². The molecule has 0 saturated heterocycles. The average molecular weight is 612 g/mol. The van der Waals surface area contributed by atoms with Crippen molar-refractivity contribution in [3.63, 3.8) is 0 Å². The van der Waals surface area contributed by atoms with Crippen LogP contribution in [0.5, 0.6) is 0 Å². The molecular weight excluding hydrogens is 587 g/mol. The fourth-order valence-corrected chi connectivity index (χ4v) is 6.84. The summed E-state index contributed by atoms with van der Waals surface area (Å²) in [5.41, 5.74) is 0.109. The number of fused-ring (bicyclic) bond motifs is 2. The van der Waals surface area contributed by atoms with Gasteiger partial charge in [-0.2, -0.15) is 0 Å². The molecule has 44 heavy (non-hydrogen) atoms. The van der Waals surface area contributed by atoms with Crippen molar-refractivity contribution in [3.05, 3.63) is 145 Å². The summed E-state index contributed by atoms with van der Waals surface area (Å²) in [5.74, 6) is -1.99. The number of rotatable bonds is 9. The number of benzene rings is 6. The average Bonchev–Trinajstić information content (AvgIpc) is 3.06. The summed E-state index contributed by atoms with van der Waals surface area (Å²) in [4.78, 5) is 49.0. The van der Waals surface area contributed by atoms with Gasteiger partial charge in [0, 0.05) is 37.6 Å². The van der Waals surface area contributed by atoms with Crippen LogP contribution in [0.4, 0.5) is 0 Å². The fourth-order valence-electron chi connectivity index (χ4n) is 4.90. The van der Waals surface area contributed by atoms with Crippen LogP contribution in [0, 0.1) is 0 Å². The van der Waals surface area contributed by atoms with E-state index in [0.717, 1.165) is 30.4 Å². The van der Waals surface area contributed by atoms with E-state index < -0.39 is 23.2 Å². The number of nitrogens with zero attached hydrogens (tertiary/aromatic N) is 1. The molecule has 0 radical (unpaired) electrons. The lowest BCUT2D eigenvalue weighted by molar-refractivity contribution is -0.140. The first kappa shape index (κ1) is 29.1. The number of carbonyl (C=O) groups is 3. The third kappa shape index (κ3) is 6.20. The molecule has 0 aliphatic rings. The van der Waals surface area contributed by atoms with Crippen LogP contribution in [0.25, 0.3) is 21.5 Å². The standard InChI is InChI=1S/C37H25NO4S2/c1-24(39)42-38-35(36(40)31-20-22-33(29-18-10-8-16-27(29)31)43-25-12-4-2-5-13-25)37(41)32-21-23-34(30-19-11-9-17-28(30)32)44-26-14-6-3-7-15-26/h2-23H,1H3. The Hall–Kier alpha value is -4.98. The maximum Gasteiger partial charge on any atom is 0.332 e. The topological polar surface area (TPSA) is 72.8 Å². The second-order valence-electron chi connectivity index (χ2n) is 9.82. The zero-order valence-electron chi connectivity index (χ0n) is 23.6. The van der Waals surface area contributed by atoms with Crippen molar-refractivity contribution in [1.82, 2.24) is 0 Å². The third-order valence-corrected chi connectivity index (χ3v) is 9.06. The summed E-state index contributed by atoms with van der Waals surface area (Å²) in [6.45, 7) is 1.17. The normalized spacial score (nSPS) is 10.8. The Kier molecular flexibility index (Phi) is 8.68. The number of hydrogen-bond donors (Lipinski definition) is 0. The lowest BCUT2D eigenvalue weighted by Crippen LogP contribution is -2.26. The van der Waals surface area contributed by atoms with Gasteiger partial charge < -0.3 is 4.84 Å². The smallest absolute Gasteiger partial charge is 0.318 e. The molecule has 214 valence electrons. The van der Waals surface area contributed by atoms with E-state index in [4.69, 9.17) is 4.84 Å². The molecule has 0 N–H and O–H groups in total. The van der Waals surface area contributed by atoms with Crippen molar-refractivity contribution in [3.8, 4) is 0 Å². The molecule has 0 aliphatic carbocycles. The molecule has 0 unspecified atom stereocenters.